The lowest BCUT2D eigenvalue weighted by Gasteiger charge is -2.62. The molecule has 0 unspecified atom stereocenters. The third-order valence-electron chi connectivity index (χ3n) is 8.43. The largest absolute Gasteiger partial charge is 0.469 e. The monoisotopic (exact) mass is 521 g/mol. The number of allylic oxidation sites excluding steroid dienone is 2. The van der Waals surface area contributed by atoms with Crippen LogP contribution in [0.25, 0.3) is 5.57 Å². The van der Waals surface area contributed by atoms with E-state index >= 15 is 0 Å². The summed E-state index contributed by atoms with van der Waals surface area (Å²) in [5.74, 6) is 1.09. The fraction of sp³-hybridized carbons (Fsp3) is 0.452. The zero-order valence-corrected chi connectivity index (χ0v) is 22.9. The molecule has 4 atom stereocenters. The molecule has 5 nitrogen and oxygen atoms in total. The van der Waals surface area contributed by atoms with Crippen molar-refractivity contribution >= 4 is 21.6 Å². The van der Waals surface area contributed by atoms with Crippen molar-refractivity contribution in [2.24, 2.45) is 23.2 Å². The fourth-order valence-corrected chi connectivity index (χ4v) is 7.53. The summed E-state index contributed by atoms with van der Waals surface area (Å²) in [6.07, 6.45) is 9.15. The average molecular weight is 522 g/mol. The number of sulfonamides is 1. The number of hydrogen-bond acceptors (Lipinski definition) is 4. The number of nitrogens with one attached hydrogen (secondary N) is 1. The van der Waals surface area contributed by atoms with Crippen molar-refractivity contribution in [3.8, 4) is 0 Å². The molecule has 198 valence electrons. The van der Waals surface area contributed by atoms with Crippen molar-refractivity contribution < 1.29 is 17.9 Å². The highest BCUT2D eigenvalue weighted by atomic mass is 32.2. The summed E-state index contributed by atoms with van der Waals surface area (Å²) in [6, 6.07) is 19.3. The molecule has 5 rings (SSSR count). The van der Waals surface area contributed by atoms with Crippen molar-refractivity contribution in [2.75, 3.05) is 7.11 Å². The maximum atomic E-state index is 13.5. The Morgan fingerprint density at radius 3 is 2.19 bits per heavy atom. The number of ether oxygens (including phenoxy) is 1. The van der Waals surface area contributed by atoms with E-state index in [1.165, 1.54) is 18.9 Å². The zero-order valence-electron chi connectivity index (χ0n) is 22.1. The van der Waals surface area contributed by atoms with Crippen LogP contribution in [0.4, 0.5) is 0 Å². The van der Waals surface area contributed by atoms with Crippen LogP contribution in [0.3, 0.4) is 0 Å². The third-order valence-corrected chi connectivity index (χ3v) is 9.61. The summed E-state index contributed by atoms with van der Waals surface area (Å²) >= 11 is 0. The van der Waals surface area contributed by atoms with Gasteiger partial charge in [-0.25, -0.2) is 13.1 Å². The van der Waals surface area contributed by atoms with Crippen LogP contribution in [0.1, 0.15) is 63.5 Å². The molecule has 3 saturated carbocycles. The molecular weight excluding hydrogens is 482 g/mol. The van der Waals surface area contributed by atoms with Gasteiger partial charge < -0.3 is 4.74 Å². The normalized spacial score (nSPS) is 24.3. The highest BCUT2D eigenvalue weighted by Crippen LogP contribution is 2.62. The molecule has 0 saturated heterocycles. The summed E-state index contributed by atoms with van der Waals surface area (Å²) in [7, 11) is -2.28. The van der Waals surface area contributed by atoms with Gasteiger partial charge >= 0.3 is 5.97 Å². The van der Waals surface area contributed by atoms with Crippen molar-refractivity contribution in [1.82, 2.24) is 4.72 Å². The molecule has 3 aliphatic carbocycles. The Labute approximate surface area is 222 Å². The molecule has 1 N–H and O–H groups in total. The van der Waals surface area contributed by atoms with Gasteiger partial charge in [0.1, 0.15) is 0 Å². The van der Waals surface area contributed by atoms with Gasteiger partial charge in [-0.05, 0) is 66.4 Å². The second-order valence-electron chi connectivity index (χ2n) is 11.0. The SMILES string of the molecule is COC(=O)CCC/C=C\C[C@@H]1[C@@H](NS(=O)(=O)C=C(c2ccccc2)c2ccccc2)C[C@H]2C[C@@H]1C2(C)C. The predicted octanol–water partition coefficient (Wildman–Crippen LogP) is 6.34. The van der Waals surface area contributed by atoms with Gasteiger partial charge in [-0.15, -0.1) is 0 Å². The molecule has 3 fully saturated rings. The number of rotatable bonds is 11. The van der Waals surface area contributed by atoms with Gasteiger partial charge in [0, 0.05) is 18.0 Å². The van der Waals surface area contributed by atoms with Crippen LogP contribution in [0.5, 0.6) is 0 Å². The molecule has 2 aromatic carbocycles. The van der Waals surface area contributed by atoms with E-state index in [1.54, 1.807) is 0 Å². The van der Waals surface area contributed by atoms with Crippen LogP contribution in [0, 0.1) is 23.2 Å². The van der Waals surface area contributed by atoms with Crippen LogP contribution in [0.2, 0.25) is 0 Å². The molecule has 2 bridgehead atoms. The lowest BCUT2D eigenvalue weighted by Crippen LogP contribution is -2.61. The highest BCUT2D eigenvalue weighted by Gasteiger charge is 2.57. The summed E-state index contributed by atoms with van der Waals surface area (Å²) in [4.78, 5) is 11.3. The lowest BCUT2D eigenvalue weighted by atomic mass is 9.44. The molecule has 2 aromatic rings. The Morgan fingerprint density at radius 1 is 1.00 bits per heavy atom. The lowest BCUT2D eigenvalue weighted by molar-refractivity contribution is -0.140. The zero-order chi connectivity index (χ0) is 26.5. The molecule has 6 heteroatoms. The Hall–Kier alpha value is -2.70. The maximum absolute atomic E-state index is 13.5. The van der Waals surface area contributed by atoms with Crippen molar-refractivity contribution in [1.29, 1.82) is 0 Å². The standard InChI is InChI=1S/C31H39NO4S/c1-31(2)25-20-28(31)26(18-12-4-5-13-19-30(33)36-3)29(21-25)32-37(34,35)22-27(23-14-8-6-9-15-23)24-16-10-7-11-17-24/h4,6-12,14-17,22,25-26,28-29,32H,5,13,18-21H2,1-3H3/b12-4-/t25-,26+,28+,29+/m1/s1. The number of unbranched alkanes of at least 4 members (excludes halogenated alkanes) is 1. The van der Waals surface area contributed by atoms with E-state index in [0.29, 0.717) is 23.8 Å². The van der Waals surface area contributed by atoms with Gasteiger partial charge in [-0.3, -0.25) is 4.79 Å². The highest BCUT2D eigenvalue weighted by molar-refractivity contribution is 7.92. The van der Waals surface area contributed by atoms with E-state index < -0.39 is 10.0 Å². The van der Waals surface area contributed by atoms with Crippen LogP contribution < -0.4 is 4.72 Å². The van der Waals surface area contributed by atoms with E-state index in [9.17, 15) is 13.2 Å². The Morgan fingerprint density at radius 2 is 1.62 bits per heavy atom. The summed E-state index contributed by atoms with van der Waals surface area (Å²) in [5, 5.41) is 1.41. The first-order valence-corrected chi connectivity index (χ1v) is 14.8. The van der Waals surface area contributed by atoms with Gasteiger partial charge in [-0.2, -0.15) is 0 Å². The second kappa shape index (κ2) is 11.8. The van der Waals surface area contributed by atoms with E-state index in [-0.39, 0.29) is 23.3 Å². The molecule has 0 spiro atoms. The quantitative estimate of drug-likeness (QED) is 0.213. The number of methoxy groups -OCH3 is 1. The molecule has 0 radical (unpaired) electrons. The molecule has 0 heterocycles. The Bertz CT molecular complexity index is 1180. The fourth-order valence-electron chi connectivity index (χ4n) is 6.18. The molecule has 0 amide bonds. The minimum absolute atomic E-state index is 0.0921. The molecule has 37 heavy (non-hydrogen) atoms. The number of carbonyl (C=O) groups excluding carboxylic acids is 1. The van der Waals surface area contributed by atoms with E-state index in [0.717, 1.165) is 36.8 Å². The first kappa shape index (κ1) is 27.3. The van der Waals surface area contributed by atoms with Crippen LogP contribution in [0.15, 0.2) is 78.2 Å². The molecule has 3 aliphatic rings. The minimum atomic E-state index is -3.69. The Balaban J connectivity index is 1.51. The van der Waals surface area contributed by atoms with Crippen LogP contribution in [-0.2, 0) is 19.6 Å². The van der Waals surface area contributed by atoms with Crippen LogP contribution >= 0.6 is 0 Å². The first-order valence-electron chi connectivity index (χ1n) is 13.3. The third kappa shape index (κ3) is 6.60. The smallest absolute Gasteiger partial charge is 0.305 e. The summed E-state index contributed by atoms with van der Waals surface area (Å²) < 4.78 is 34.9. The van der Waals surface area contributed by atoms with Gasteiger partial charge in [0.05, 0.1) is 12.5 Å². The van der Waals surface area contributed by atoms with Crippen LogP contribution in [-0.4, -0.2) is 27.5 Å². The Kier molecular flexibility index (Phi) is 8.71. The molecule has 0 aromatic heterocycles. The van der Waals surface area contributed by atoms with Gasteiger partial charge in [0.25, 0.3) is 0 Å². The number of carbonyl (C=O) groups is 1. The summed E-state index contributed by atoms with van der Waals surface area (Å²) in [5.41, 5.74) is 2.67. The molecule has 0 aliphatic heterocycles. The van der Waals surface area contributed by atoms with Gasteiger partial charge in [0.2, 0.25) is 10.0 Å². The van der Waals surface area contributed by atoms with E-state index in [1.807, 2.05) is 60.7 Å². The minimum Gasteiger partial charge on any atom is -0.469 e. The number of hydrogen-bond donors (Lipinski definition) is 1. The van der Waals surface area contributed by atoms with E-state index in [2.05, 4.69) is 30.7 Å². The second-order valence-corrected chi connectivity index (χ2v) is 12.5. The first-order chi connectivity index (χ1) is 17.7. The average Bonchev–Trinajstić information content (AvgIpc) is 2.90. The van der Waals surface area contributed by atoms with Gasteiger partial charge in [0.15, 0.2) is 0 Å². The van der Waals surface area contributed by atoms with E-state index in [4.69, 9.17) is 4.74 Å². The topological polar surface area (TPSA) is 72.5 Å². The van der Waals surface area contributed by atoms with Crippen molar-refractivity contribution in [2.45, 2.75) is 58.4 Å². The maximum Gasteiger partial charge on any atom is 0.305 e. The van der Waals surface area contributed by atoms with Crippen molar-refractivity contribution in [3.05, 3.63) is 89.4 Å². The summed E-state index contributed by atoms with van der Waals surface area (Å²) in [6.45, 7) is 4.65. The number of esters is 1. The van der Waals surface area contributed by atoms with Gasteiger partial charge in [-0.1, -0.05) is 86.7 Å². The molecular formula is C31H39NO4S. The number of fused-ring (bicyclic) bond motifs is 2. The van der Waals surface area contributed by atoms with Crippen molar-refractivity contribution in [3.63, 3.8) is 0 Å². The predicted molar refractivity (Wildman–Crippen MR) is 149 cm³/mol. The number of benzene rings is 2.